The number of rotatable bonds is 4. The van der Waals surface area contributed by atoms with Gasteiger partial charge in [-0.05, 0) is 12.1 Å². The Morgan fingerprint density at radius 2 is 2.15 bits per heavy atom. The topological polar surface area (TPSA) is 80.0 Å². The Morgan fingerprint density at radius 1 is 1.38 bits per heavy atom. The van der Waals surface area contributed by atoms with Crippen molar-refractivity contribution in [2.75, 3.05) is 19.7 Å². The molecule has 138 valence electrons. The van der Waals surface area contributed by atoms with E-state index in [-0.39, 0.29) is 35.3 Å². The highest BCUT2D eigenvalue weighted by Gasteiger charge is 2.30. The molecule has 0 saturated carbocycles. The van der Waals surface area contributed by atoms with Crippen LogP contribution in [0.2, 0.25) is 5.02 Å². The number of amides is 1. The Labute approximate surface area is 154 Å². The molecular weight excluding hydrogens is 365 g/mol. The smallest absolute Gasteiger partial charge is 0.339 e. The van der Waals surface area contributed by atoms with Crippen molar-refractivity contribution in [3.05, 3.63) is 57.8 Å². The number of carbonyl (C=O) groups is 2. The average molecular weight is 382 g/mol. The van der Waals surface area contributed by atoms with Crippen LogP contribution in [0.25, 0.3) is 0 Å². The summed E-state index contributed by atoms with van der Waals surface area (Å²) in [5.41, 5.74) is 0.577. The van der Waals surface area contributed by atoms with Crippen molar-refractivity contribution >= 4 is 23.5 Å². The second-order valence-electron chi connectivity index (χ2n) is 5.88. The normalized spacial score (nSPS) is 17.3. The van der Waals surface area contributed by atoms with Gasteiger partial charge in [0, 0.05) is 29.6 Å². The van der Waals surface area contributed by atoms with Crippen molar-refractivity contribution in [3.63, 3.8) is 0 Å². The van der Waals surface area contributed by atoms with Gasteiger partial charge in [0.05, 0.1) is 13.2 Å². The van der Waals surface area contributed by atoms with E-state index in [1.54, 1.807) is 6.92 Å². The van der Waals surface area contributed by atoms with E-state index in [2.05, 4.69) is 0 Å². The minimum absolute atomic E-state index is 0.0118. The molecule has 1 N–H and O–H groups in total. The number of aryl methyl sites for hydroxylation is 1. The Balaban J connectivity index is 1.81. The molecule has 26 heavy (non-hydrogen) atoms. The fourth-order valence-electron chi connectivity index (χ4n) is 2.92. The number of aromatic carboxylic acids is 1. The van der Waals surface area contributed by atoms with Crippen LogP contribution in [0.15, 0.2) is 28.7 Å². The molecule has 1 unspecified atom stereocenters. The molecule has 0 bridgehead atoms. The predicted octanol–water partition coefficient (Wildman–Crippen LogP) is 3.55. The summed E-state index contributed by atoms with van der Waals surface area (Å²) >= 11 is 6.08. The number of hydrogen-bond acceptors (Lipinski definition) is 4. The average Bonchev–Trinajstić information content (AvgIpc) is 3.06. The number of carboxylic acid groups (broad SMARTS) is 1. The van der Waals surface area contributed by atoms with E-state index >= 15 is 0 Å². The van der Waals surface area contributed by atoms with Crippen LogP contribution in [0.3, 0.4) is 0 Å². The molecule has 1 fully saturated rings. The highest BCUT2D eigenvalue weighted by atomic mass is 35.5. The molecule has 2 aromatic rings. The second-order valence-corrected chi connectivity index (χ2v) is 6.29. The van der Waals surface area contributed by atoms with Crippen LogP contribution >= 0.6 is 11.6 Å². The lowest BCUT2D eigenvalue weighted by atomic mass is 10.1. The van der Waals surface area contributed by atoms with Gasteiger partial charge in [0.15, 0.2) is 5.76 Å². The van der Waals surface area contributed by atoms with Gasteiger partial charge >= 0.3 is 5.97 Å². The number of carbonyl (C=O) groups excluding carboxylic acids is 1. The number of benzene rings is 1. The summed E-state index contributed by atoms with van der Waals surface area (Å²) in [4.78, 5) is 25.5. The summed E-state index contributed by atoms with van der Waals surface area (Å²) in [6.07, 6.45) is -0.133. The van der Waals surface area contributed by atoms with Gasteiger partial charge in [-0.15, -0.1) is 0 Å². The molecule has 1 amide bonds. The molecule has 6 nitrogen and oxygen atoms in total. The van der Waals surface area contributed by atoms with Crippen LogP contribution in [-0.2, 0) is 11.2 Å². The highest BCUT2D eigenvalue weighted by molar-refractivity contribution is 6.31. The van der Waals surface area contributed by atoms with E-state index in [0.717, 1.165) is 0 Å². The minimum atomic E-state index is -1.14. The standard InChI is InChI=1S/C18H17ClFNO5/c1-2-14-12(18(23)24)8-15(26-14)17(22)21-5-6-25-16(9-21)11-4-3-10(20)7-13(11)19/h3-4,7-8,16H,2,5-6,9H2,1H3,(H,23,24). The van der Waals surface area contributed by atoms with Crippen molar-refractivity contribution in [1.82, 2.24) is 4.90 Å². The van der Waals surface area contributed by atoms with Crippen LogP contribution in [-0.4, -0.2) is 41.6 Å². The quantitative estimate of drug-likeness (QED) is 0.876. The van der Waals surface area contributed by atoms with E-state index in [4.69, 9.17) is 20.8 Å². The number of morpholine rings is 1. The van der Waals surface area contributed by atoms with E-state index in [9.17, 15) is 19.1 Å². The Bertz CT molecular complexity index is 850. The number of carboxylic acids is 1. The first-order valence-corrected chi connectivity index (χ1v) is 8.50. The maximum atomic E-state index is 13.2. The van der Waals surface area contributed by atoms with Gasteiger partial charge in [-0.2, -0.15) is 0 Å². The molecule has 1 saturated heterocycles. The van der Waals surface area contributed by atoms with Gasteiger partial charge in [0.25, 0.3) is 5.91 Å². The summed E-state index contributed by atoms with van der Waals surface area (Å²) in [5.74, 6) is -1.77. The number of ether oxygens (including phenoxy) is 1. The first kappa shape index (κ1) is 18.4. The van der Waals surface area contributed by atoms with Gasteiger partial charge in [-0.3, -0.25) is 4.79 Å². The van der Waals surface area contributed by atoms with Crippen LogP contribution in [0, 0.1) is 5.82 Å². The van der Waals surface area contributed by atoms with E-state index in [1.165, 1.54) is 29.2 Å². The lowest BCUT2D eigenvalue weighted by Gasteiger charge is -2.33. The summed E-state index contributed by atoms with van der Waals surface area (Å²) in [6.45, 7) is 2.56. The fourth-order valence-corrected chi connectivity index (χ4v) is 3.21. The third-order valence-electron chi connectivity index (χ3n) is 4.23. The zero-order valence-electron chi connectivity index (χ0n) is 14.0. The lowest BCUT2D eigenvalue weighted by molar-refractivity contribution is -0.0237. The number of hydrogen-bond donors (Lipinski definition) is 1. The van der Waals surface area contributed by atoms with Crippen LogP contribution in [0.4, 0.5) is 4.39 Å². The molecule has 1 atom stereocenters. The SMILES string of the molecule is CCc1oc(C(=O)N2CCOC(c3ccc(F)cc3Cl)C2)cc1C(=O)O. The molecule has 3 rings (SSSR count). The molecule has 1 aromatic carbocycles. The fraction of sp³-hybridized carbons (Fsp3) is 0.333. The molecule has 1 aliphatic rings. The highest BCUT2D eigenvalue weighted by Crippen LogP contribution is 2.30. The molecule has 0 aliphatic carbocycles. The van der Waals surface area contributed by atoms with E-state index in [1.807, 2.05) is 0 Å². The monoisotopic (exact) mass is 381 g/mol. The molecule has 1 aromatic heterocycles. The Hall–Kier alpha value is -2.38. The molecule has 0 radical (unpaired) electrons. The van der Waals surface area contributed by atoms with Gasteiger partial charge in [-0.1, -0.05) is 24.6 Å². The van der Waals surface area contributed by atoms with E-state index < -0.39 is 23.8 Å². The van der Waals surface area contributed by atoms with Crippen molar-refractivity contribution < 1.29 is 28.2 Å². The Morgan fingerprint density at radius 3 is 2.77 bits per heavy atom. The first-order chi connectivity index (χ1) is 12.4. The zero-order valence-corrected chi connectivity index (χ0v) is 14.8. The summed E-state index contributed by atoms with van der Waals surface area (Å²) in [7, 11) is 0. The van der Waals surface area contributed by atoms with Crippen molar-refractivity contribution in [2.45, 2.75) is 19.4 Å². The van der Waals surface area contributed by atoms with Crippen LogP contribution < -0.4 is 0 Å². The largest absolute Gasteiger partial charge is 0.478 e. The maximum absolute atomic E-state index is 13.2. The summed E-state index contributed by atoms with van der Waals surface area (Å²) in [6, 6.07) is 5.25. The summed E-state index contributed by atoms with van der Waals surface area (Å²) < 4.78 is 24.3. The number of halogens is 2. The third-order valence-corrected chi connectivity index (χ3v) is 4.56. The number of furan rings is 1. The zero-order chi connectivity index (χ0) is 18.8. The van der Waals surface area contributed by atoms with Crippen molar-refractivity contribution in [1.29, 1.82) is 0 Å². The lowest BCUT2D eigenvalue weighted by Crippen LogP contribution is -2.42. The molecule has 1 aliphatic heterocycles. The van der Waals surface area contributed by atoms with Crippen molar-refractivity contribution in [2.24, 2.45) is 0 Å². The van der Waals surface area contributed by atoms with Gasteiger partial charge in [-0.25, -0.2) is 9.18 Å². The first-order valence-electron chi connectivity index (χ1n) is 8.12. The second kappa shape index (κ2) is 7.47. The van der Waals surface area contributed by atoms with E-state index in [0.29, 0.717) is 18.5 Å². The maximum Gasteiger partial charge on any atom is 0.339 e. The number of nitrogens with zero attached hydrogens (tertiary/aromatic N) is 1. The Kier molecular flexibility index (Phi) is 5.29. The van der Waals surface area contributed by atoms with Gasteiger partial charge < -0.3 is 19.2 Å². The minimum Gasteiger partial charge on any atom is -0.478 e. The van der Waals surface area contributed by atoms with Crippen LogP contribution in [0.5, 0.6) is 0 Å². The third kappa shape index (κ3) is 3.59. The van der Waals surface area contributed by atoms with Gasteiger partial charge in [0.1, 0.15) is 23.2 Å². The molecule has 8 heteroatoms. The predicted molar refractivity (Wildman–Crippen MR) is 91.1 cm³/mol. The summed E-state index contributed by atoms with van der Waals surface area (Å²) in [5, 5.41) is 9.42. The molecule has 2 heterocycles. The van der Waals surface area contributed by atoms with Crippen LogP contribution in [0.1, 0.15) is 45.3 Å². The molecule has 0 spiro atoms. The van der Waals surface area contributed by atoms with Crippen molar-refractivity contribution in [3.8, 4) is 0 Å². The van der Waals surface area contributed by atoms with Gasteiger partial charge in [0.2, 0.25) is 0 Å². The molecular formula is C18H17ClFNO5.